The van der Waals surface area contributed by atoms with Gasteiger partial charge in [-0.25, -0.2) is 18.8 Å². The van der Waals surface area contributed by atoms with E-state index in [1.165, 1.54) is 17.7 Å². The number of nitriles is 1. The number of amides is 1. The number of piperidine rings is 1. The zero-order valence-electron chi connectivity index (χ0n) is 22.1. The molecule has 4 aromatic rings. The maximum Gasteiger partial charge on any atom is 0.410 e. The molecule has 0 radical (unpaired) electrons. The Hall–Kier alpha value is -3.98. The van der Waals surface area contributed by atoms with Crippen LogP contribution >= 0.6 is 11.5 Å². The number of likely N-dealkylation sites (tertiary alicyclic amines) is 1. The first kappa shape index (κ1) is 25.7. The predicted molar refractivity (Wildman–Crippen MR) is 141 cm³/mol. The van der Waals surface area contributed by atoms with Gasteiger partial charge in [0.2, 0.25) is 5.88 Å². The minimum atomic E-state index is -0.518. The van der Waals surface area contributed by atoms with E-state index in [2.05, 4.69) is 25.7 Å². The summed E-state index contributed by atoms with van der Waals surface area (Å²) in [5.41, 5.74) is 3.84. The minimum Gasteiger partial charge on any atom is -0.471 e. The summed E-state index contributed by atoms with van der Waals surface area (Å²) in [6, 6.07) is 6.06. The first-order valence-electron chi connectivity index (χ1n) is 12.5. The van der Waals surface area contributed by atoms with Crippen molar-refractivity contribution in [2.24, 2.45) is 0 Å². The molecule has 0 aromatic carbocycles. The average Bonchev–Trinajstić information content (AvgIpc) is 3.63. The van der Waals surface area contributed by atoms with Crippen molar-refractivity contribution in [3.63, 3.8) is 0 Å². The van der Waals surface area contributed by atoms with Crippen molar-refractivity contribution >= 4 is 23.3 Å². The number of hydrogen-bond acceptors (Lipinski definition) is 9. The second kappa shape index (κ2) is 10.1. The van der Waals surface area contributed by atoms with Crippen molar-refractivity contribution in [2.45, 2.75) is 65.2 Å². The van der Waals surface area contributed by atoms with E-state index in [0.717, 1.165) is 35.4 Å². The van der Waals surface area contributed by atoms with Gasteiger partial charge in [-0.15, -0.1) is 5.10 Å². The molecule has 38 heavy (non-hydrogen) atoms. The number of hydrogen-bond donors (Lipinski definition) is 0. The lowest BCUT2D eigenvalue weighted by Gasteiger charge is -2.33. The number of fused-ring (bicyclic) bond motifs is 1. The average molecular weight is 535 g/mol. The van der Waals surface area contributed by atoms with Crippen LogP contribution in [0.2, 0.25) is 0 Å². The number of rotatable bonds is 5. The minimum absolute atomic E-state index is 0.122. The first-order chi connectivity index (χ1) is 18.1. The topological polar surface area (TPSA) is 123 Å². The summed E-state index contributed by atoms with van der Waals surface area (Å²) in [6.45, 7) is 10.7. The molecule has 1 amide bonds. The van der Waals surface area contributed by atoms with Crippen LogP contribution in [-0.2, 0) is 4.74 Å². The lowest BCUT2D eigenvalue weighted by molar-refractivity contribution is 0.0184. The molecule has 1 saturated heterocycles. The van der Waals surface area contributed by atoms with Gasteiger partial charge in [0.15, 0.2) is 0 Å². The van der Waals surface area contributed by atoms with E-state index < -0.39 is 5.60 Å². The fraction of sp³-hybridized carbons (Fsp3) is 0.462. The van der Waals surface area contributed by atoms with Gasteiger partial charge in [-0.2, -0.15) is 5.26 Å². The maximum absolute atomic E-state index is 12.5. The van der Waals surface area contributed by atoms with Crippen molar-refractivity contribution in [3.8, 4) is 23.2 Å². The van der Waals surface area contributed by atoms with E-state index in [9.17, 15) is 10.1 Å². The quantitative estimate of drug-likeness (QED) is 0.353. The van der Waals surface area contributed by atoms with Gasteiger partial charge in [0.05, 0.1) is 17.9 Å². The van der Waals surface area contributed by atoms with Gasteiger partial charge >= 0.3 is 6.09 Å². The van der Waals surface area contributed by atoms with Crippen molar-refractivity contribution in [1.29, 1.82) is 5.26 Å². The second-order valence-corrected chi connectivity index (χ2v) is 11.1. The molecule has 0 saturated carbocycles. The number of carbonyl (C=O) groups excluding carboxylic acids is 1. The fourth-order valence-electron chi connectivity index (χ4n) is 4.62. The highest BCUT2D eigenvalue weighted by molar-refractivity contribution is 7.03. The largest absolute Gasteiger partial charge is 0.471 e. The number of carbonyl (C=O) groups is 1. The van der Waals surface area contributed by atoms with Crippen LogP contribution in [0.5, 0.6) is 5.88 Å². The standard InChI is InChI=1S/C26H30N8O3S/c1-16-24(30-31-34(16)20-6-8-32(9-7-20)25(35)37-26(3,4)5)18-10-22-28-14-21(12-27)33(22)23(11-18)36-17(2)19-13-29-38-15-19/h10-11,13-15,17,20H,6-9H2,1-5H3. The van der Waals surface area contributed by atoms with Crippen LogP contribution in [0.25, 0.3) is 16.9 Å². The maximum atomic E-state index is 12.5. The molecule has 1 unspecified atom stereocenters. The summed E-state index contributed by atoms with van der Waals surface area (Å²) in [5.74, 6) is 0.491. The molecule has 4 aromatic heterocycles. The third-order valence-corrected chi connectivity index (χ3v) is 7.17. The molecule has 198 valence electrons. The number of aromatic nitrogens is 6. The first-order valence-corrected chi connectivity index (χ1v) is 13.4. The fourth-order valence-corrected chi connectivity index (χ4v) is 5.23. The zero-order chi connectivity index (χ0) is 27.0. The Labute approximate surface area is 224 Å². The van der Waals surface area contributed by atoms with Gasteiger partial charge in [0.1, 0.15) is 34.8 Å². The molecule has 12 heteroatoms. The van der Waals surface area contributed by atoms with E-state index in [1.807, 2.05) is 56.8 Å². The number of ether oxygens (including phenoxy) is 2. The molecule has 0 bridgehead atoms. The van der Waals surface area contributed by atoms with E-state index >= 15 is 0 Å². The molecular formula is C26H30N8O3S. The normalized spacial score (nSPS) is 15.4. The van der Waals surface area contributed by atoms with Gasteiger partial charge < -0.3 is 14.4 Å². The van der Waals surface area contributed by atoms with Crippen LogP contribution in [0.1, 0.15) is 69.6 Å². The summed E-state index contributed by atoms with van der Waals surface area (Å²) in [5, 5.41) is 20.6. The molecule has 0 aliphatic carbocycles. The Morgan fingerprint density at radius 2 is 2.00 bits per heavy atom. The molecule has 5 heterocycles. The van der Waals surface area contributed by atoms with Crippen LogP contribution in [0.15, 0.2) is 29.9 Å². The van der Waals surface area contributed by atoms with Crippen molar-refractivity contribution in [3.05, 3.63) is 46.9 Å². The highest BCUT2D eigenvalue weighted by atomic mass is 32.1. The van der Waals surface area contributed by atoms with Crippen LogP contribution in [-0.4, -0.2) is 58.4 Å². The highest BCUT2D eigenvalue weighted by Crippen LogP contribution is 2.33. The van der Waals surface area contributed by atoms with Gasteiger partial charge in [-0.05, 0) is 65.1 Å². The molecule has 1 aliphatic heterocycles. The number of imidazole rings is 1. The van der Waals surface area contributed by atoms with Crippen LogP contribution in [0, 0.1) is 18.3 Å². The summed E-state index contributed by atoms with van der Waals surface area (Å²) < 4.78 is 19.6. The molecule has 11 nitrogen and oxygen atoms in total. The lowest BCUT2D eigenvalue weighted by Crippen LogP contribution is -2.42. The Balaban J connectivity index is 1.40. The monoisotopic (exact) mass is 534 g/mol. The number of pyridine rings is 1. The van der Waals surface area contributed by atoms with Gasteiger partial charge in [0.25, 0.3) is 0 Å². The van der Waals surface area contributed by atoms with Gasteiger partial charge in [-0.1, -0.05) is 5.21 Å². The van der Waals surface area contributed by atoms with E-state index in [0.29, 0.717) is 30.3 Å². The molecule has 5 rings (SSSR count). The lowest BCUT2D eigenvalue weighted by atomic mass is 10.0. The second-order valence-electron chi connectivity index (χ2n) is 10.4. The Kier molecular flexibility index (Phi) is 6.79. The van der Waals surface area contributed by atoms with Crippen LogP contribution in [0.3, 0.4) is 0 Å². The van der Waals surface area contributed by atoms with Crippen molar-refractivity contribution in [1.82, 2.24) is 33.7 Å². The van der Waals surface area contributed by atoms with E-state index in [-0.39, 0.29) is 18.2 Å². The summed E-state index contributed by atoms with van der Waals surface area (Å²) in [7, 11) is 0. The summed E-state index contributed by atoms with van der Waals surface area (Å²) >= 11 is 1.36. The van der Waals surface area contributed by atoms with Crippen molar-refractivity contribution in [2.75, 3.05) is 13.1 Å². The third kappa shape index (κ3) is 5.06. The summed E-state index contributed by atoms with van der Waals surface area (Å²) in [4.78, 5) is 18.6. The van der Waals surface area contributed by atoms with Crippen LogP contribution < -0.4 is 4.74 Å². The molecule has 1 fully saturated rings. The molecule has 0 spiro atoms. The van der Waals surface area contributed by atoms with Crippen molar-refractivity contribution < 1.29 is 14.3 Å². The third-order valence-electron chi connectivity index (χ3n) is 6.57. The van der Waals surface area contributed by atoms with E-state index in [4.69, 9.17) is 9.47 Å². The number of nitrogens with zero attached hydrogens (tertiary/aromatic N) is 8. The molecule has 1 aliphatic rings. The Morgan fingerprint density at radius 3 is 2.66 bits per heavy atom. The van der Waals surface area contributed by atoms with Gasteiger partial charge in [0, 0.05) is 41.9 Å². The molecule has 0 N–H and O–H groups in total. The Morgan fingerprint density at radius 1 is 1.24 bits per heavy atom. The molecule has 1 atom stereocenters. The zero-order valence-corrected chi connectivity index (χ0v) is 22.9. The van der Waals surface area contributed by atoms with Crippen LogP contribution in [0.4, 0.5) is 4.79 Å². The van der Waals surface area contributed by atoms with Gasteiger partial charge in [-0.3, -0.25) is 4.40 Å². The smallest absolute Gasteiger partial charge is 0.410 e. The predicted octanol–water partition coefficient (Wildman–Crippen LogP) is 4.94. The van der Waals surface area contributed by atoms with E-state index in [1.54, 1.807) is 15.5 Å². The highest BCUT2D eigenvalue weighted by Gasteiger charge is 2.29. The molecular weight excluding hydrogens is 504 g/mol. The SMILES string of the molecule is Cc1c(-c2cc(OC(C)c3cnsc3)n3c(C#N)cnc3c2)nnn1C1CCN(C(=O)OC(C)(C)C)CC1. The Bertz CT molecular complexity index is 1490. The summed E-state index contributed by atoms with van der Waals surface area (Å²) in [6.07, 6.45) is 4.28.